The zero-order chi connectivity index (χ0) is 15.8. The van der Waals surface area contributed by atoms with Crippen molar-refractivity contribution in [2.75, 3.05) is 24.7 Å². The predicted molar refractivity (Wildman–Crippen MR) is 88.3 cm³/mol. The number of nitrogens with one attached hydrogen (secondary N) is 2. The molecular weight excluding hydrogens is 286 g/mol. The van der Waals surface area contributed by atoms with Crippen molar-refractivity contribution in [3.63, 3.8) is 0 Å². The minimum Gasteiger partial charge on any atom is -0.370 e. The first-order valence-electron chi connectivity index (χ1n) is 7.33. The van der Waals surface area contributed by atoms with E-state index >= 15 is 0 Å². The zero-order valence-corrected chi connectivity index (χ0v) is 14.0. The highest BCUT2D eigenvalue weighted by Crippen LogP contribution is 2.12. The molecule has 0 aliphatic carbocycles. The minimum atomic E-state index is -0.937. The number of carbonyl (C=O) groups excluding carboxylic acids is 1. The van der Waals surface area contributed by atoms with Crippen LogP contribution < -0.4 is 10.6 Å². The van der Waals surface area contributed by atoms with Crippen molar-refractivity contribution in [2.45, 2.75) is 38.9 Å². The molecule has 2 unspecified atom stereocenters. The summed E-state index contributed by atoms with van der Waals surface area (Å²) in [6, 6.07) is 3.58. The number of pyridine rings is 1. The fourth-order valence-corrected chi connectivity index (χ4v) is 2.15. The number of aromatic nitrogens is 1. The fraction of sp³-hybridized carbons (Fsp3) is 0.600. The Balaban J connectivity index is 2.83. The number of amides is 1. The van der Waals surface area contributed by atoms with Crippen LogP contribution in [-0.4, -0.2) is 39.7 Å². The average Bonchev–Trinajstić information content (AvgIpc) is 2.44. The standard InChI is InChI=1S/C15H25N3O2S/c1-5-7-13-8-12(9-14(18-13)16-6-2)15(19)17-10-11(3)21(4)20/h8-9,11H,5-7,10H2,1-4H3,(H,16,18)(H,17,19). The molecule has 1 heterocycles. The van der Waals surface area contributed by atoms with Crippen molar-refractivity contribution >= 4 is 22.5 Å². The topological polar surface area (TPSA) is 71.1 Å². The molecule has 0 saturated heterocycles. The second-order valence-electron chi connectivity index (χ2n) is 5.03. The molecule has 21 heavy (non-hydrogen) atoms. The van der Waals surface area contributed by atoms with Gasteiger partial charge in [0.2, 0.25) is 0 Å². The summed E-state index contributed by atoms with van der Waals surface area (Å²) in [6.07, 6.45) is 3.47. The van der Waals surface area contributed by atoms with Crippen LogP contribution in [0, 0.1) is 0 Å². The van der Waals surface area contributed by atoms with Crippen LogP contribution in [0.5, 0.6) is 0 Å². The van der Waals surface area contributed by atoms with Crippen LogP contribution >= 0.6 is 0 Å². The number of hydrogen-bond donors (Lipinski definition) is 2. The van der Waals surface area contributed by atoms with E-state index < -0.39 is 10.8 Å². The molecule has 1 rings (SSSR count). The van der Waals surface area contributed by atoms with Crippen molar-refractivity contribution in [3.8, 4) is 0 Å². The van der Waals surface area contributed by atoms with Gasteiger partial charge in [-0.3, -0.25) is 9.00 Å². The lowest BCUT2D eigenvalue weighted by molar-refractivity contribution is 0.0954. The SMILES string of the molecule is CCCc1cc(C(=O)NCC(C)S(C)=O)cc(NCC)n1. The van der Waals surface area contributed by atoms with E-state index in [9.17, 15) is 9.00 Å². The number of aryl methyl sites for hydroxylation is 1. The van der Waals surface area contributed by atoms with Gasteiger partial charge in [0, 0.05) is 46.7 Å². The Morgan fingerprint density at radius 2 is 2.10 bits per heavy atom. The molecule has 0 bridgehead atoms. The molecule has 1 aromatic heterocycles. The Kier molecular flexibility index (Phi) is 7.36. The molecule has 5 nitrogen and oxygen atoms in total. The van der Waals surface area contributed by atoms with Crippen LogP contribution in [0.1, 0.15) is 43.2 Å². The molecule has 2 N–H and O–H groups in total. The first kappa shape index (κ1) is 17.6. The van der Waals surface area contributed by atoms with E-state index in [1.165, 1.54) is 0 Å². The van der Waals surface area contributed by atoms with Crippen LogP contribution in [0.3, 0.4) is 0 Å². The van der Waals surface area contributed by atoms with Gasteiger partial charge in [-0.2, -0.15) is 0 Å². The molecule has 0 aliphatic rings. The van der Waals surface area contributed by atoms with E-state index in [0.29, 0.717) is 12.1 Å². The van der Waals surface area contributed by atoms with E-state index in [1.807, 2.05) is 19.9 Å². The van der Waals surface area contributed by atoms with E-state index in [1.54, 1.807) is 12.3 Å². The van der Waals surface area contributed by atoms with Crippen LogP contribution in [0.4, 0.5) is 5.82 Å². The highest BCUT2D eigenvalue weighted by molar-refractivity contribution is 7.84. The number of hydrogen-bond acceptors (Lipinski definition) is 4. The summed E-state index contributed by atoms with van der Waals surface area (Å²) in [5.41, 5.74) is 1.51. The Morgan fingerprint density at radius 3 is 2.67 bits per heavy atom. The number of nitrogens with zero attached hydrogens (tertiary/aromatic N) is 1. The molecule has 118 valence electrons. The second-order valence-corrected chi connectivity index (χ2v) is 6.83. The van der Waals surface area contributed by atoms with Crippen LogP contribution in [0.25, 0.3) is 0 Å². The van der Waals surface area contributed by atoms with Gasteiger partial charge in [0.1, 0.15) is 5.82 Å². The smallest absolute Gasteiger partial charge is 0.251 e. The monoisotopic (exact) mass is 311 g/mol. The van der Waals surface area contributed by atoms with Gasteiger partial charge in [0.25, 0.3) is 5.91 Å². The summed E-state index contributed by atoms with van der Waals surface area (Å²) < 4.78 is 11.3. The normalized spacial score (nSPS) is 13.5. The lowest BCUT2D eigenvalue weighted by Crippen LogP contribution is -2.32. The number of carbonyl (C=O) groups is 1. The molecule has 0 saturated carbocycles. The van der Waals surface area contributed by atoms with Crippen molar-refractivity contribution < 1.29 is 9.00 Å². The van der Waals surface area contributed by atoms with E-state index in [-0.39, 0.29) is 11.2 Å². The van der Waals surface area contributed by atoms with E-state index in [4.69, 9.17) is 0 Å². The van der Waals surface area contributed by atoms with E-state index in [0.717, 1.165) is 30.9 Å². The summed E-state index contributed by atoms with van der Waals surface area (Å²) in [4.78, 5) is 16.7. The van der Waals surface area contributed by atoms with E-state index in [2.05, 4.69) is 22.5 Å². The third-order valence-electron chi connectivity index (χ3n) is 3.12. The molecule has 0 aromatic carbocycles. The van der Waals surface area contributed by atoms with Crippen molar-refractivity contribution in [3.05, 3.63) is 23.4 Å². The Bertz CT molecular complexity index is 481. The highest BCUT2D eigenvalue weighted by Gasteiger charge is 2.12. The largest absolute Gasteiger partial charge is 0.370 e. The maximum atomic E-state index is 12.2. The molecule has 0 fully saturated rings. The zero-order valence-electron chi connectivity index (χ0n) is 13.2. The van der Waals surface area contributed by atoms with Gasteiger partial charge in [-0.15, -0.1) is 0 Å². The van der Waals surface area contributed by atoms with Crippen molar-refractivity contribution in [1.29, 1.82) is 0 Å². The summed E-state index contributed by atoms with van der Waals surface area (Å²) in [5.74, 6) is 0.576. The van der Waals surface area contributed by atoms with Gasteiger partial charge in [-0.25, -0.2) is 4.98 Å². The Morgan fingerprint density at radius 1 is 1.38 bits per heavy atom. The summed E-state index contributed by atoms with van der Waals surface area (Å²) in [6.45, 7) is 7.10. The average molecular weight is 311 g/mol. The van der Waals surface area contributed by atoms with Crippen LogP contribution in [-0.2, 0) is 17.2 Å². The summed E-state index contributed by atoms with van der Waals surface area (Å²) >= 11 is 0. The first-order valence-corrected chi connectivity index (χ1v) is 8.95. The molecule has 1 amide bonds. The predicted octanol–water partition coefficient (Wildman–Crippen LogP) is 1.96. The lowest BCUT2D eigenvalue weighted by atomic mass is 10.1. The maximum Gasteiger partial charge on any atom is 0.251 e. The third-order valence-corrected chi connectivity index (χ3v) is 4.42. The summed E-state index contributed by atoms with van der Waals surface area (Å²) in [7, 11) is -0.937. The molecule has 0 spiro atoms. The lowest BCUT2D eigenvalue weighted by Gasteiger charge is -2.12. The molecule has 1 aromatic rings. The maximum absolute atomic E-state index is 12.2. The molecule has 0 radical (unpaired) electrons. The van der Waals surface area contributed by atoms with Crippen molar-refractivity contribution in [1.82, 2.24) is 10.3 Å². The highest BCUT2D eigenvalue weighted by atomic mass is 32.2. The fourth-order valence-electron chi connectivity index (χ4n) is 1.83. The quantitative estimate of drug-likeness (QED) is 0.770. The molecule has 0 aliphatic heterocycles. The molecule has 6 heteroatoms. The van der Waals surface area contributed by atoms with Gasteiger partial charge in [-0.1, -0.05) is 13.3 Å². The van der Waals surface area contributed by atoms with Gasteiger partial charge in [-0.05, 0) is 32.4 Å². The summed E-state index contributed by atoms with van der Waals surface area (Å²) in [5, 5.41) is 5.92. The number of rotatable bonds is 8. The Hall–Kier alpha value is -1.43. The number of anilines is 1. The van der Waals surface area contributed by atoms with Crippen LogP contribution in [0.15, 0.2) is 12.1 Å². The molecule has 2 atom stereocenters. The van der Waals surface area contributed by atoms with Crippen molar-refractivity contribution in [2.24, 2.45) is 0 Å². The first-order chi connectivity index (χ1) is 9.97. The third kappa shape index (κ3) is 5.83. The molecular formula is C15H25N3O2S. The van der Waals surface area contributed by atoms with Crippen LogP contribution in [0.2, 0.25) is 0 Å². The van der Waals surface area contributed by atoms with Gasteiger partial charge >= 0.3 is 0 Å². The van der Waals surface area contributed by atoms with Gasteiger partial charge in [0.05, 0.1) is 0 Å². The minimum absolute atomic E-state index is 0.0564. The Labute approximate surface area is 129 Å². The second kappa shape index (κ2) is 8.77. The van der Waals surface area contributed by atoms with Gasteiger partial charge in [0.15, 0.2) is 0 Å². The van der Waals surface area contributed by atoms with Gasteiger partial charge < -0.3 is 10.6 Å².